The number of para-hydroxylation sites is 1. The maximum atomic E-state index is 12.6. The molecule has 1 atom stereocenters. The van der Waals surface area contributed by atoms with Crippen molar-refractivity contribution < 1.29 is 19.1 Å². The van der Waals surface area contributed by atoms with Gasteiger partial charge in [-0.05, 0) is 43.9 Å². The van der Waals surface area contributed by atoms with Gasteiger partial charge in [0, 0.05) is 25.3 Å². The molecule has 0 spiro atoms. The van der Waals surface area contributed by atoms with Crippen LogP contribution in [0.25, 0.3) is 0 Å². The highest BCUT2D eigenvalue weighted by molar-refractivity contribution is 5.92. The maximum absolute atomic E-state index is 12.6. The molecule has 1 fully saturated rings. The van der Waals surface area contributed by atoms with E-state index in [1.54, 1.807) is 12.1 Å². The summed E-state index contributed by atoms with van der Waals surface area (Å²) in [5, 5.41) is 8.97. The lowest BCUT2D eigenvalue weighted by Gasteiger charge is -2.23. The normalized spacial score (nSPS) is 17.4. The number of hydrogen-bond acceptors (Lipinski definition) is 4. The molecule has 1 unspecified atom stereocenters. The molecule has 0 saturated carbocycles. The minimum absolute atomic E-state index is 0.103. The molecule has 1 amide bonds. The van der Waals surface area contributed by atoms with Crippen LogP contribution in [0.2, 0.25) is 0 Å². The predicted molar refractivity (Wildman–Crippen MR) is 85.6 cm³/mol. The van der Waals surface area contributed by atoms with Gasteiger partial charge in [0.2, 0.25) is 0 Å². The van der Waals surface area contributed by atoms with Gasteiger partial charge in [0.15, 0.2) is 5.76 Å². The average molecular weight is 315 g/mol. The summed E-state index contributed by atoms with van der Waals surface area (Å²) in [6.45, 7) is 0.902. The number of ether oxygens (including phenoxy) is 1. The van der Waals surface area contributed by atoms with Crippen molar-refractivity contribution in [3.63, 3.8) is 0 Å². The second kappa shape index (κ2) is 7.33. The lowest BCUT2D eigenvalue weighted by atomic mass is 10.1. The van der Waals surface area contributed by atoms with E-state index in [0.29, 0.717) is 17.5 Å². The lowest BCUT2D eigenvalue weighted by molar-refractivity contribution is 0.0687. The zero-order chi connectivity index (χ0) is 16.1. The zero-order valence-corrected chi connectivity index (χ0v) is 13.0. The summed E-state index contributed by atoms with van der Waals surface area (Å²) in [4.78, 5) is 14.4. The Morgan fingerprint density at radius 1 is 1.26 bits per heavy atom. The van der Waals surface area contributed by atoms with Crippen LogP contribution in [-0.4, -0.2) is 35.1 Å². The van der Waals surface area contributed by atoms with E-state index < -0.39 is 0 Å². The molecule has 1 aliphatic rings. The Bertz CT molecular complexity index is 637. The van der Waals surface area contributed by atoms with Gasteiger partial charge in [-0.1, -0.05) is 18.2 Å². The third-order valence-corrected chi connectivity index (χ3v) is 4.09. The first-order valence-electron chi connectivity index (χ1n) is 8.02. The molecule has 23 heavy (non-hydrogen) atoms. The van der Waals surface area contributed by atoms with Crippen molar-refractivity contribution in [3.05, 3.63) is 48.2 Å². The summed E-state index contributed by atoms with van der Waals surface area (Å²) in [5.41, 5.74) is 0. The van der Waals surface area contributed by atoms with Gasteiger partial charge >= 0.3 is 0 Å². The molecule has 122 valence electrons. The van der Waals surface area contributed by atoms with Crippen LogP contribution in [0.3, 0.4) is 0 Å². The molecule has 0 aliphatic carbocycles. The third-order valence-electron chi connectivity index (χ3n) is 4.09. The highest BCUT2D eigenvalue weighted by Crippen LogP contribution is 2.27. The molecule has 3 rings (SSSR count). The highest BCUT2D eigenvalue weighted by Gasteiger charge is 2.30. The number of hydrogen-bond donors (Lipinski definition) is 1. The Hall–Kier alpha value is -2.27. The van der Waals surface area contributed by atoms with Crippen LogP contribution in [0.15, 0.2) is 46.9 Å². The van der Waals surface area contributed by atoms with E-state index in [1.807, 2.05) is 35.2 Å². The lowest BCUT2D eigenvalue weighted by Crippen LogP contribution is -2.35. The molecule has 0 radical (unpaired) electrons. The van der Waals surface area contributed by atoms with Crippen molar-refractivity contribution in [2.75, 3.05) is 13.2 Å². The molecule has 2 heterocycles. The number of amides is 1. The fourth-order valence-electron chi connectivity index (χ4n) is 2.97. The number of likely N-dealkylation sites (tertiary alicyclic amines) is 1. The van der Waals surface area contributed by atoms with Crippen molar-refractivity contribution >= 4 is 5.91 Å². The van der Waals surface area contributed by atoms with E-state index in [4.69, 9.17) is 14.3 Å². The smallest absolute Gasteiger partial charge is 0.290 e. The van der Waals surface area contributed by atoms with Crippen LogP contribution in [-0.2, 0) is 0 Å². The molecule has 1 aliphatic heterocycles. The summed E-state index contributed by atoms with van der Waals surface area (Å²) in [6.07, 6.45) is 3.53. The number of aliphatic hydroxyl groups excluding tert-OH is 1. The predicted octanol–water partition coefficient (Wildman–Crippen LogP) is 3.45. The van der Waals surface area contributed by atoms with E-state index in [0.717, 1.165) is 32.2 Å². The minimum Gasteiger partial charge on any atom is -0.426 e. The van der Waals surface area contributed by atoms with Crippen LogP contribution in [0, 0.1) is 0 Å². The summed E-state index contributed by atoms with van der Waals surface area (Å²) in [7, 11) is 0. The Kier molecular flexibility index (Phi) is 4.98. The monoisotopic (exact) mass is 315 g/mol. The van der Waals surface area contributed by atoms with E-state index >= 15 is 0 Å². The quantitative estimate of drug-likeness (QED) is 0.887. The molecule has 1 aromatic carbocycles. The van der Waals surface area contributed by atoms with E-state index in [2.05, 4.69) is 0 Å². The van der Waals surface area contributed by atoms with Gasteiger partial charge in [0.25, 0.3) is 11.9 Å². The topological polar surface area (TPSA) is 62.9 Å². The average Bonchev–Trinajstić information content (AvgIpc) is 3.22. The molecular weight excluding hydrogens is 294 g/mol. The second-order valence-corrected chi connectivity index (χ2v) is 5.69. The standard InChI is InChI=1S/C18H21NO4/c20-13-5-7-14-6-4-12-19(14)18(21)16-10-11-17(23-16)22-15-8-2-1-3-9-15/h1-3,8-11,14,20H,4-7,12-13H2. The fourth-order valence-corrected chi connectivity index (χ4v) is 2.97. The minimum atomic E-state index is -0.103. The van der Waals surface area contributed by atoms with Gasteiger partial charge in [-0.2, -0.15) is 0 Å². The van der Waals surface area contributed by atoms with Crippen LogP contribution in [0.4, 0.5) is 0 Å². The van der Waals surface area contributed by atoms with E-state index in [1.165, 1.54) is 0 Å². The number of furan rings is 1. The molecule has 0 bridgehead atoms. The van der Waals surface area contributed by atoms with Gasteiger partial charge in [-0.15, -0.1) is 0 Å². The highest BCUT2D eigenvalue weighted by atomic mass is 16.6. The number of nitrogens with zero attached hydrogens (tertiary/aromatic N) is 1. The van der Waals surface area contributed by atoms with Gasteiger partial charge < -0.3 is 19.2 Å². The van der Waals surface area contributed by atoms with Gasteiger partial charge in [-0.3, -0.25) is 4.79 Å². The Morgan fingerprint density at radius 2 is 2.09 bits per heavy atom. The number of carbonyl (C=O) groups is 1. The first-order valence-corrected chi connectivity index (χ1v) is 8.02. The van der Waals surface area contributed by atoms with Crippen LogP contribution < -0.4 is 4.74 Å². The molecule has 5 heteroatoms. The first kappa shape index (κ1) is 15.6. The maximum Gasteiger partial charge on any atom is 0.290 e. The van der Waals surface area contributed by atoms with Crippen LogP contribution >= 0.6 is 0 Å². The number of benzene rings is 1. The fraction of sp³-hybridized carbons (Fsp3) is 0.389. The SMILES string of the molecule is O=C(c1ccc(Oc2ccccc2)o1)N1CCCC1CCCO. The molecule has 1 saturated heterocycles. The summed E-state index contributed by atoms with van der Waals surface area (Å²) >= 11 is 0. The van der Waals surface area contributed by atoms with Gasteiger partial charge in [-0.25, -0.2) is 0 Å². The van der Waals surface area contributed by atoms with Gasteiger partial charge in [0.1, 0.15) is 5.75 Å². The zero-order valence-electron chi connectivity index (χ0n) is 13.0. The number of aliphatic hydroxyl groups is 1. The van der Waals surface area contributed by atoms with Crippen molar-refractivity contribution in [2.24, 2.45) is 0 Å². The van der Waals surface area contributed by atoms with E-state index in [-0.39, 0.29) is 18.6 Å². The van der Waals surface area contributed by atoms with Crippen LogP contribution in [0.1, 0.15) is 36.2 Å². The van der Waals surface area contributed by atoms with Crippen molar-refractivity contribution in [3.8, 4) is 11.7 Å². The summed E-state index contributed by atoms with van der Waals surface area (Å²) in [5.74, 6) is 1.17. The molecule has 2 aromatic rings. The first-order chi connectivity index (χ1) is 11.3. The third kappa shape index (κ3) is 3.74. The van der Waals surface area contributed by atoms with Crippen molar-refractivity contribution in [1.82, 2.24) is 4.90 Å². The Labute approximate surface area is 135 Å². The largest absolute Gasteiger partial charge is 0.426 e. The van der Waals surface area contributed by atoms with Crippen molar-refractivity contribution in [2.45, 2.75) is 31.7 Å². The van der Waals surface area contributed by atoms with E-state index in [9.17, 15) is 4.79 Å². The second-order valence-electron chi connectivity index (χ2n) is 5.69. The Morgan fingerprint density at radius 3 is 2.87 bits per heavy atom. The summed E-state index contributed by atoms with van der Waals surface area (Å²) in [6, 6.07) is 12.8. The van der Waals surface area contributed by atoms with Crippen LogP contribution in [0.5, 0.6) is 11.7 Å². The molecular formula is C18H21NO4. The number of rotatable bonds is 6. The summed E-state index contributed by atoms with van der Waals surface area (Å²) < 4.78 is 11.1. The van der Waals surface area contributed by atoms with Gasteiger partial charge in [0.05, 0.1) is 0 Å². The molecule has 1 N–H and O–H groups in total. The number of carbonyl (C=O) groups excluding carboxylic acids is 1. The van der Waals surface area contributed by atoms with Crippen molar-refractivity contribution in [1.29, 1.82) is 0 Å². The molecule has 1 aromatic heterocycles. The molecule has 5 nitrogen and oxygen atoms in total. The Balaban J connectivity index is 1.66.